The highest BCUT2D eigenvalue weighted by Crippen LogP contribution is 2.29. The molecule has 0 aliphatic carbocycles. The van der Waals surface area contributed by atoms with E-state index in [-0.39, 0.29) is 11.2 Å². The van der Waals surface area contributed by atoms with Crippen molar-refractivity contribution in [2.24, 2.45) is 0 Å². The molecule has 1 heterocycles. The SMILES string of the molecule is COC(=O)c1c(C)cccc1N1CC(S)CC1=O. The van der Waals surface area contributed by atoms with Crippen LogP contribution in [-0.4, -0.2) is 30.8 Å². The number of nitrogens with zero attached hydrogens (tertiary/aromatic N) is 1. The first-order valence-corrected chi connectivity index (χ1v) is 6.22. The van der Waals surface area contributed by atoms with E-state index in [1.807, 2.05) is 19.1 Å². The van der Waals surface area contributed by atoms with Crippen molar-refractivity contribution in [3.8, 4) is 0 Å². The maximum Gasteiger partial charge on any atom is 0.340 e. The molecule has 2 rings (SSSR count). The monoisotopic (exact) mass is 265 g/mol. The first-order valence-electron chi connectivity index (χ1n) is 5.71. The molecule has 1 aliphatic heterocycles. The van der Waals surface area contributed by atoms with Crippen LogP contribution in [0.25, 0.3) is 0 Å². The van der Waals surface area contributed by atoms with E-state index >= 15 is 0 Å². The van der Waals surface area contributed by atoms with E-state index in [1.165, 1.54) is 7.11 Å². The summed E-state index contributed by atoms with van der Waals surface area (Å²) in [5, 5.41) is 0.0171. The maximum absolute atomic E-state index is 11.9. The van der Waals surface area contributed by atoms with Gasteiger partial charge in [-0.05, 0) is 18.6 Å². The lowest BCUT2D eigenvalue weighted by Crippen LogP contribution is -2.27. The van der Waals surface area contributed by atoms with Gasteiger partial charge in [0.1, 0.15) is 0 Å². The molecule has 0 saturated carbocycles. The molecular weight excluding hydrogens is 250 g/mol. The lowest BCUT2D eigenvalue weighted by molar-refractivity contribution is -0.117. The molecule has 0 spiro atoms. The van der Waals surface area contributed by atoms with Crippen LogP contribution in [0.15, 0.2) is 18.2 Å². The van der Waals surface area contributed by atoms with Crippen LogP contribution in [0.3, 0.4) is 0 Å². The summed E-state index contributed by atoms with van der Waals surface area (Å²) < 4.78 is 4.78. The zero-order valence-electron chi connectivity index (χ0n) is 10.3. The van der Waals surface area contributed by atoms with Crippen molar-refractivity contribution in [3.63, 3.8) is 0 Å². The number of esters is 1. The molecule has 0 N–H and O–H groups in total. The summed E-state index contributed by atoms with van der Waals surface area (Å²) in [6.07, 6.45) is 0.400. The van der Waals surface area contributed by atoms with Gasteiger partial charge < -0.3 is 9.64 Å². The number of hydrogen-bond acceptors (Lipinski definition) is 4. The molecule has 1 aromatic carbocycles. The smallest absolute Gasteiger partial charge is 0.340 e. The molecule has 1 saturated heterocycles. The average molecular weight is 265 g/mol. The van der Waals surface area contributed by atoms with Crippen molar-refractivity contribution in [3.05, 3.63) is 29.3 Å². The number of amides is 1. The van der Waals surface area contributed by atoms with Gasteiger partial charge in [-0.25, -0.2) is 4.79 Å². The van der Waals surface area contributed by atoms with Gasteiger partial charge in [0.15, 0.2) is 0 Å². The number of carbonyl (C=O) groups is 2. The van der Waals surface area contributed by atoms with Crippen molar-refractivity contribution in [1.82, 2.24) is 0 Å². The number of anilines is 1. The Hall–Kier alpha value is -1.49. The van der Waals surface area contributed by atoms with Crippen LogP contribution in [-0.2, 0) is 9.53 Å². The van der Waals surface area contributed by atoms with Gasteiger partial charge in [0.2, 0.25) is 5.91 Å². The standard InChI is InChI=1S/C13H15NO3S/c1-8-4-3-5-10(12(8)13(16)17-2)14-7-9(18)6-11(14)15/h3-5,9,18H,6-7H2,1-2H3. The Kier molecular flexibility index (Phi) is 3.61. The third-order valence-corrected chi connectivity index (χ3v) is 3.38. The summed E-state index contributed by atoms with van der Waals surface area (Å²) in [6, 6.07) is 5.42. The second kappa shape index (κ2) is 5.02. The zero-order valence-corrected chi connectivity index (χ0v) is 11.2. The molecule has 1 amide bonds. The Morgan fingerprint density at radius 3 is 2.78 bits per heavy atom. The quantitative estimate of drug-likeness (QED) is 0.655. The van der Waals surface area contributed by atoms with Crippen molar-refractivity contribution in [2.75, 3.05) is 18.6 Å². The summed E-state index contributed by atoms with van der Waals surface area (Å²) in [7, 11) is 1.34. The predicted octanol–water partition coefficient (Wildman–Crippen LogP) is 1.82. The number of aryl methyl sites for hydroxylation is 1. The first kappa shape index (κ1) is 13.0. The van der Waals surface area contributed by atoms with E-state index < -0.39 is 5.97 Å². The average Bonchev–Trinajstić information content (AvgIpc) is 2.67. The summed E-state index contributed by atoms with van der Waals surface area (Å²) >= 11 is 4.32. The van der Waals surface area contributed by atoms with E-state index in [0.29, 0.717) is 24.2 Å². The van der Waals surface area contributed by atoms with Crippen LogP contribution in [0.1, 0.15) is 22.3 Å². The second-order valence-corrected chi connectivity index (χ2v) is 5.05. The summed E-state index contributed by atoms with van der Waals surface area (Å²) in [4.78, 5) is 25.3. The van der Waals surface area contributed by atoms with Gasteiger partial charge in [-0.2, -0.15) is 12.6 Å². The minimum atomic E-state index is -0.418. The third-order valence-electron chi connectivity index (χ3n) is 3.04. The molecule has 4 nitrogen and oxygen atoms in total. The molecule has 1 fully saturated rings. The molecular formula is C13H15NO3S. The van der Waals surface area contributed by atoms with Gasteiger partial charge in [0, 0.05) is 18.2 Å². The highest BCUT2D eigenvalue weighted by molar-refractivity contribution is 7.81. The number of hydrogen-bond donors (Lipinski definition) is 1. The van der Waals surface area contributed by atoms with Crippen molar-refractivity contribution < 1.29 is 14.3 Å². The highest BCUT2D eigenvalue weighted by atomic mass is 32.1. The van der Waals surface area contributed by atoms with E-state index in [1.54, 1.807) is 11.0 Å². The van der Waals surface area contributed by atoms with Crippen molar-refractivity contribution in [2.45, 2.75) is 18.6 Å². The van der Waals surface area contributed by atoms with E-state index in [9.17, 15) is 9.59 Å². The summed E-state index contributed by atoms with van der Waals surface area (Å²) in [5.74, 6) is -0.427. The van der Waals surface area contributed by atoms with Crippen LogP contribution >= 0.6 is 12.6 Å². The van der Waals surface area contributed by atoms with Crippen molar-refractivity contribution in [1.29, 1.82) is 0 Å². The Balaban J connectivity index is 2.48. The van der Waals surface area contributed by atoms with Gasteiger partial charge >= 0.3 is 5.97 Å². The summed E-state index contributed by atoms with van der Waals surface area (Å²) in [6.45, 7) is 2.35. The normalized spacial score (nSPS) is 19.2. The maximum atomic E-state index is 11.9. The molecule has 1 aromatic rings. The molecule has 0 aromatic heterocycles. The highest BCUT2D eigenvalue weighted by Gasteiger charge is 2.31. The number of benzene rings is 1. The number of thiol groups is 1. The summed E-state index contributed by atoms with van der Waals surface area (Å²) in [5.41, 5.74) is 1.87. The molecule has 96 valence electrons. The van der Waals surface area contributed by atoms with E-state index in [4.69, 9.17) is 4.74 Å². The van der Waals surface area contributed by atoms with Crippen molar-refractivity contribution >= 4 is 30.2 Å². The molecule has 0 bridgehead atoms. The fraction of sp³-hybridized carbons (Fsp3) is 0.385. The Morgan fingerprint density at radius 2 is 2.22 bits per heavy atom. The lowest BCUT2D eigenvalue weighted by Gasteiger charge is -2.20. The Morgan fingerprint density at radius 1 is 1.50 bits per heavy atom. The van der Waals surface area contributed by atoms with Gasteiger partial charge in [-0.1, -0.05) is 12.1 Å². The second-order valence-electron chi connectivity index (χ2n) is 4.32. The fourth-order valence-electron chi connectivity index (χ4n) is 2.17. The number of methoxy groups -OCH3 is 1. The molecule has 1 unspecified atom stereocenters. The van der Waals surface area contributed by atoms with Gasteiger partial charge in [0.05, 0.1) is 18.4 Å². The number of ether oxygens (including phenoxy) is 1. The molecule has 5 heteroatoms. The van der Waals surface area contributed by atoms with Crippen LogP contribution in [0.2, 0.25) is 0 Å². The predicted molar refractivity (Wildman–Crippen MR) is 72.3 cm³/mol. The Labute approximate surface area is 111 Å². The molecule has 18 heavy (non-hydrogen) atoms. The largest absolute Gasteiger partial charge is 0.465 e. The van der Waals surface area contributed by atoms with E-state index in [0.717, 1.165) is 5.56 Å². The zero-order chi connectivity index (χ0) is 13.3. The molecule has 1 aliphatic rings. The molecule has 0 radical (unpaired) electrons. The first-order chi connectivity index (χ1) is 8.54. The molecule has 1 atom stereocenters. The van der Waals surface area contributed by atoms with Crippen LogP contribution in [0, 0.1) is 6.92 Å². The van der Waals surface area contributed by atoms with Gasteiger partial charge in [-0.3, -0.25) is 4.79 Å². The van der Waals surface area contributed by atoms with Crippen LogP contribution < -0.4 is 4.90 Å². The van der Waals surface area contributed by atoms with Gasteiger partial charge in [0.25, 0.3) is 0 Å². The topological polar surface area (TPSA) is 46.6 Å². The van der Waals surface area contributed by atoms with Crippen LogP contribution in [0.5, 0.6) is 0 Å². The minimum absolute atomic E-state index is 0.00856. The number of carbonyl (C=O) groups excluding carboxylic acids is 2. The Bertz CT molecular complexity index is 501. The van der Waals surface area contributed by atoms with Crippen LogP contribution in [0.4, 0.5) is 5.69 Å². The van der Waals surface area contributed by atoms with E-state index in [2.05, 4.69) is 12.6 Å². The third kappa shape index (κ3) is 2.22. The fourth-order valence-corrected chi connectivity index (χ4v) is 2.49. The minimum Gasteiger partial charge on any atom is -0.465 e. The number of rotatable bonds is 2. The van der Waals surface area contributed by atoms with Gasteiger partial charge in [-0.15, -0.1) is 0 Å². The lowest BCUT2D eigenvalue weighted by atomic mass is 10.1.